The molecule has 0 aliphatic carbocycles. The summed E-state index contributed by atoms with van der Waals surface area (Å²) in [5.41, 5.74) is 4.00. The van der Waals surface area contributed by atoms with E-state index in [0.29, 0.717) is 17.8 Å². The van der Waals surface area contributed by atoms with E-state index < -0.39 is 11.0 Å². The van der Waals surface area contributed by atoms with Crippen molar-refractivity contribution in [3.05, 3.63) is 105 Å². The van der Waals surface area contributed by atoms with Gasteiger partial charge in [0, 0.05) is 29.9 Å². The summed E-state index contributed by atoms with van der Waals surface area (Å²) < 4.78 is 0. The SMILES string of the molecule is Cc1ccc([C@H](CC(=O)Nc2ccc([N+](=O)[O-])cc2)N2Cc3ccccc3C2=O)cc1. The van der Waals surface area contributed by atoms with E-state index >= 15 is 0 Å². The fraction of sp³-hybridized carbons (Fsp3) is 0.167. The number of carbonyl (C=O) groups excluding carboxylic acids is 2. The number of fused-ring (bicyclic) bond motifs is 1. The Hall–Kier alpha value is -4.00. The molecular weight excluding hydrogens is 394 g/mol. The molecule has 0 unspecified atom stereocenters. The molecule has 0 spiro atoms. The molecule has 0 fully saturated rings. The summed E-state index contributed by atoms with van der Waals surface area (Å²) in [6.07, 6.45) is 0.0692. The molecular formula is C24H21N3O4. The summed E-state index contributed by atoms with van der Waals surface area (Å²) >= 11 is 0. The molecule has 1 aliphatic rings. The molecule has 0 radical (unpaired) electrons. The molecule has 1 heterocycles. The number of amides is 2. The lowest BCUT2D eigenvalue weighted by Gasteiger charge is -2.28. The van der Waals surface area contributed by atoms with Gasteiger partial charge in [0.15, 0.2) is 0 Å². The van der Waals surface area contributed by atoms with E-state index in [1.807, 2.05) is 49.4 Å². The van der Waals surface area contributed by atoms with Gasteiger partial charge in [0.25, 0.3) is 11.6 Å². The molecule has 0 bridgehead atoms. The maximum absolute atomic E-state index is 13.0. The highest BCUT2D eigenvalue weighted by molar-refractivity contribution is 5.99. The fourth-order valence-corrected chi connectivity index (χ4v) is 3.78. The molecule has 0 saturated carbocycles. The van der Waals surface area contributed by atoms with Crippen molar-refractivity contribution in [3.63, 3.8) is 0 Å². The highest BCUT2D eigenvalue weighted by Crippen LogP contribution is 2.34. The number of non-ortho nitro benzene ring substituents is 1. The number of nitro groups is 1. The molecule has 1 atom stereocenters. The largest absolute Gasteiger partial charge is 0.327 e. The quantitative estimate of drug-likeness (QED) is 0.469. The summed E-state index contributed by atoms with van der Waals surface area (Å²) in [7, 11) is 0. The van der Waals surface area contributed by atoms with Gasteiger partial charge in [-0.3, -0.25) is 19.7 Å². The van der Waals surface area contributed by atoms with E-state index in [1.54, 1.807) is 11.0 Å². The highest BCUT2D eigenvalue weighted by Gasteiger charge is 2.34. The Balaban J connectivity index is 1.56. The molecule has 4 rings (SSSR count). The highest BCUT2D eigenvalue weighted by atomic mass is 16.6. The van der Waals surface area contributed by atoms with Gasteiger partial charge in [-0.25, -0.2) is 0 Å². The maximum Gasteiger partial charge on any atom is 0.269 e. The monoisotopic (exact) mass is 415 g/mol. The van der Waals surface area contributed by atoms with Gasteiger partial charge >= 0.3 is 0 Å². The predicted octanol–water partition coefficient (Wildman–Crippen LogP) is 4.63. The Morgan fingerprint density at radius 1 is 1.06 bits per heavy atom. The number of rotatable bonds is 6. The van der Waals surface area contributed by atoms with Crippen molar-refractivity contribution in [1.29, 1.82) is 0 Å². The maximum atomic E-state index is 13.0. The Bertz CT molecular complexity index is 1140. The van der Waals surface area contributed by atoms with Gasteiger partial charge in [0.05, 0.1) is 17.4 Å². The van der Waals surface area contributed by atoms with Crippen LogP contribution < -0.4 is 5.32 Å². The lowest BCUT2D eigenvalue weighted by atomic mass is 10.00. The number of nitrogens with one attached hydrogen (secondary N) is 1. The zero-order valence-electron chi connectivity index (χ0n) is 16.9. The summed E-state index contributed by atoms with van der Waals surface area (Å²) in [6.45, 7) is 2.43. The van der Waals surface area contributed by atoms with Crippen LogP contribution in [0.5, 0.6) is 0 Å². The van der Waals surface area contributed by atoms with E-state index in [2.05, 4.69) is 5.32 Å². The third-order valence-electron chi connectivity index (χ3n) is 5.43. The average Bonchev–Trinajstić information content (AvgIpc) is 3.10. The van der Waals surface area contributed by atoms with Crippen molar-refractivity contribution in [3.8, 4) is 0 Å². The number of hydrogen-bond acceptors (Lipinski definition) is 4. The smallest absolute Gasteiger partial charge is 0.269 e. The number of hydrogen-bond donors (Lipinski definition) is 1. The minimum atomic E-state index is -0.490. The molecule has 1 aliphatic heterocycles. The molecule has 7 nitrogen and oxygen atoms in total. The van der Waals surface area contributed by atoms with Crippen LogP contribution in [0.4, 0.5) is 11.4 Å². The Morgan fingerprint density at radius 3 is 2.39 bits per heavy atom. The van der Waals surface area contributed by atoms with Gasteiger partial charge in [-0.15, -0.1) is 0 Å². The summed E-state index contributed by atoms with van der Waals surface area (Å²) in [5, 5.41) is 13.6. The van der Waals surface area contributed by atoms with Crippen LogP contribution in [0, 0.1) is 17.0 Å². The topological polar surface area (TPSA) is 92.5 Å². The second-order valence-electron chi connectivity index (χ2n) is 7.57. The van der Waals surface area contributed by atoms with Gasteiger partial charge in [-0.05, 0) is 36.2 Å². The van der Waals surface area contributed by atoms with E-state index in [4.69, 9.17) is 0 Å². The molecule has 7 heteroatoms. The lowest BCUT2D eigenvalue weighted by molar-refractivity contribution is -0.384. The number of anilines is 1. The lowest BCUT2D eigenvalue weighted by Crippen LogP contribution is -2.32. The summed E-state index contributed by atoms with van der Waals surface area (Å²) in [4.78, 5) is 37.9. The first-order chi connectivity index (χ1) is 14.9. The minimum Gasteiger partial charge on any atom is -0.327 e. The minimum absolute atomic E-state index is 0.0454. The number of carbonyl (C=O) groups is 2. The summed E-state index contributed by atoms with van der Waals surface area (Å²) in [6, 6.07) is 20.5. The molecule has 156 valence electrons. The normalized spacial score (nSPS) is 13.6. The second-order valence-corrected chi connectivity index (χ2v) is 7.57. The number of aryl methyl sites for hydroxylation is 1. The number of nitro benzene ring substituents is 1. The van der Waals surface area contributed by atoms with Crippen molar-refractivity contribution in [2.45, 2.75) is 25.9 Å². The van der Waals surface area contributed by atoms with E-state index in [0.717, 1.165) is 16.7 Å². The molecule has 3 aromatic rings. The van der Waals surface area contributed by atoms with Crippen molar-refractivity contribution < 1.29 is 14.5 Å². The van der Waals surface area contributed by atoms with Crippen LogP contribution in [0.2, 0.25) is 0 Å². The van der Waals surface area contributed by atoms with Crippen LogP contribution in [0.25, 0.3) is 0 Å². The first-order valence-corrected chi connectivity index (χ1v) is 9.92. The molecule has 1 N–H and O–H groups in total. The van der Waals surface area contributed by atoms with Crippen LogP contribution in [-0.4, -0.2) is 21.6 Å². The van der Waals surface area contributed by atoms with Crippen molar-refractivity contribution >= 4 is 23.2 Å². The van der Waals surface area contributed by atoms with Crippen LogP contribution in [-0.2, 0) is 11.3 Å². The molecule has 0 saturated heterocycles. The first-order valence-electron chi connectivity index (χ1n) is 9.92. The van der Waals surface area contributed by atoms with E-state index in [-0.39, 0.29) is 23.9 Å². The van der Waals surface area contributed by atoms with E-state index in [9.17, 15) is 19.7 Å². The van der Waals surface area contributed by atoms with Crippen molar-refractivity contribution in [2.75, 3.05) is 5.32 Å². The molecule has 3 aromatic carbocycles. The fourth-order valence-electron chi connectivity index (χ4n) is 3.78. The Labute approximate surface area is 179 Å². The van der Waals surface area contributed by atoms with Gasteiger partial charge in [0.1, 0.15) is 0 Å². The summed E-state index contributed by atoms with van der Waals surface area (Å²) in [5.74, 6) is -0.368. The van der Waals surface area contributed by atoms with E-state index in [1.165, 1.54) is 24.3 Å². The van der Waals surface area contributed by atoms with Crippen LogP contribution in [0.3, 0.4) is 0 Å². The first kappa shape index (κ1) is 20.3. The van der Waals surface area contributed by atoms with Crippen molar-refractivity contribution in [1.82, 2.24) is 4.90 Å². The average molecular weight is 415 g/mol. The van der Waals surface area contributed by atoms with Crippen molar-refractivity contribution in [2.24, 2.45) is 0 Å². The van der Waals surface area contributed by atoms with Gasteiger partial charge in [-0.1, -0.05) is 48.0 Å². The van der Waals surface area contributed by atoms with Crippen LogP contribution >= 0.6 is 0 Å². The zero-order chi connectivity index (χ0) is 22.0. The molecule has 2 amide bonds. The second kappa shape index (κ2) is 8.39. The molecule has 0 aromatic heterocycles. The number of benzene rings is 3. The predicted molar refractivity (Wildman–Crippen MR) is 117 cm³/mol. The van der Waals surface area contributed by atoms with Crippen LogP contribution in [0.15, 0.2) is 72.8 Å². The number of nitrogens with zero attached hydrogens (tertiary/aromatic N) is 2. The van der Waals surface area contributed by atoms with Gasteiger partial charge in [0.2, 0.25) is 5.91 Å². The van der Waals surface area contributed by atoms with Gasteiger partial charge < -0.3 is 10.2 Å². The Morgan fingerprint density at radius 2 is 1.74 bits per heavy atom. The standard InChI is InChI=1S/C24H21N3O4/c1-16-6-8-17(9-7-16)22(26-15-18-4-2-3-5-21(18)24(26)29)14-23(28)25-19-10-12-20(13-11-19)27(30)31/h2-13,22H,14-15H2,1H3,(H,25,28)/t22-/m0/s1. The zero-order valence-corrected chi connectivity index (χ0v) is 16.9. The molecule has 31 heavy (non-hydrogen) atoms. The third kappa shape index (κ3) is 4.30. The Kier molecular flexibility index (Phi) is 5.49. The van der Waals surface area contributed by atoms with Crippen LogP contribution in [0.1, 0.15) is 39.5 Å². The third-order valence-corrected chi connectivity index (χ3v) is 5.43. The van der Waals surface area contributed by atoms with Gasteiger partial charge in [-0.2, -0.15) is 0 Å².